The summed E-state index contributed by atoms with van der Waals surface area (Å²) in [7, 11) is 4.30. The molecule has 35 heavy (non-hydrogen) atoms. The lowest BCUT2D eigenvalue weighted by molar-refractivity contribution is -0.207. The predicted molar refractivity (Wildman–Crippen MR) is 145 cm³/mol. The molecule has 0 aliphatic heterocycles. The molecule has 1 heterocycles. The summed E-state index contributed by atoms with van der Waals surface area (Å²) in [6, 6.07) is 2.13. The van der Waals surface area contributed by atoms with E-state index in [1.807, 2.05) is 18.0 Å². The van der Waals surface area contributed by atoms with Crippen LogP contribution in [-0.2, 0) is 4.74 Å². The van der Waals surface area contributed by atoms with Gasteiger partial charge in [-0.2, -0.15) is 11.8 Å². The molecule has 4 saturated carbocycles. The highest BCUT2D eigenvalue weighted by molar-refractivity contribution is 7.99. The topological polar surface area (TPSA) is 45.8 Å². The van der Waals surface area contributed by atoms with Crippen LogP contribution in [0.4, 0.5) is 0 Å². The van der Waals surface area contributed by atoms with Gasteiger partial charge >= 0.3 is 0 Å². The van der Waals surface area contributed by atoms with Crippen molar-refractivity contribution in [1.82, 2.24) is 4.90 Å². The minimum Gasteiger partial charge on any atom is -0.472 e. The fourth-order valence-corrected chi connectivity index (χ4v) is 9.95. The number of ether oxygens (including phenoxy) is 1. The molecule has 0 bridgehead atoms. The highest BCUT2D eigenvalue weighted by Crippen LogP contribution is 2.70. The van der Waals surface area contributed by atoms with Crippen molar-refractivity contribution in [3.63, 3.8) is 0 Å². The van der Waals surface area contributed by atoms with Gasteiger partial charge in [0.25, 0.3) is 0 Å². The van der Waals surface area contributed by atoms with Crippen molar-refractivity contribution in [2.45, 2.75) is 95.7 Å². The number of hydrogen-bond donors (Lipinski definition) is 1. The summed E-state index contributed by atoms with van der Waals surface area (Å²) in [6.07, 6.45) is 16.1. The van der Waals surface area contributed by atoms with Gasteiger partial charge in [0.1, 0.15) is 0 Å². The van der Waals surface area contributed by atoms with E-state index in [4.69, 9.17) is 9.15 Å². The molecule has 0 aromatic carbocycles. The molecule has 0 unspecified atom stereocenters. The number of fused-ring (bicyclic) bond motifs is 5. The highest BCUT2D eigenvalue weighted by Gasteiger charge is 2.67. The molecule has 198 valence electrons. The Morgan fingerprint density at radius 3 is 2.69 bits per heavy atom. The molecule has 8 atom stereocenters. The van der Waals surface area contributed by atoms with E-state index in [0.717, 1.165) is 37.5 Å². The first-order chi connectivity index (χ1) is 16.8. The molecule has 0 amide bonds. The second-order valence-electron chi connectivity index (χ2n) is 13.1. The highest BCUT2D eigenvalue weighted by atomic mass is 32.2. The van der Waals surface area contributed by atoms with Crippen LogP contribution in [0.5, 0.6) is 0 Å². The summed E-state index contributed by atoms with van der Waals surface area (Å²) in [5, 5.41) is 12.4. The second-order valence-corrected chi connectivity index (χ2v) is 14.3. The van der Waals surface area contributed by atoms with Gasteiger partial charge in [-0.1, -0.05) is 13.8 Å². The summed E-state index contributed by atoms with van der Waals surface area (Å²) in [4.78, 5) is 2.26. The van der Waals surface area contributed by atoms with Crippen LogP contribution in [0.1, 0.15) is 89.5 Å². The van der Waals surface area contributed by atoms with Crippen LogP contribution in [0.15, 0.2) is 23.0 Å². The second kappa shape index (κ2) is 10.3. The molecule has 0 radical (unpaired) electrons. The SMILES string of the molecule is CN(C)CCCSCCO[C@H]1CC[C@@]2(C)[C@H](CC[C@@H]3[C@@H]2CC[C@]2(C)[C@H](c4ccoc4)CC[C@]32O)C1. The molecule has 0 spiro atoms. The predicted octanol–water partition coefficient (Wildman–Crippen LogP) is 6.59. The van der Waals surface area contributed by atoms with Crippen molar-refractivity contribution < 1.29 is 14.3 Å². The summed E-state index contributed by atoms with van der Waals surface area (Å²) < 4.78 is 11.9. The zero-order valence-electron chi connectivity index (χ0n) is 22.6. The Morgan fingerprint density at radius 2 is 1.91 bits per heavy atom. The number of hydrogen-bond acceptors (Lipinski definition) is 5. The minimum atomic E-state index is -0.525. The maximum absolute atomic E-state index is 12.4. The third-order valence-corrected chi connectivity index (χ3v) is 12.3. The summed E-state index contributed by atoms with van der Waals surface area (Å²) in [5.41, 5.74) is 1.12. The van der Waals surface area contributed by atoms with Crippen molar-refractivity contribution in [3.05, 3.63) is 24.2 Å². The van der Waals surface area contributed by atoms with Crippen molar-refractivity contribution in [3.8, 4) is 0 Å². The Bertz CT molecular complexity index is 830. The average molecular weight is 504 g/mol. The van der Waals surface area contributed by atoms with Gasteiger partial charge in [-0.3, -0.25) is 0 Å². The Labute approximate surface area is 217 Å². The maximum Gasteiger partial charge on any atom is 0.0937 e. The lowest BCUT2D eigenvalue weighted by atomic mass is 9.43. The van der Waals surface area contributed by atoms with Gasteiger partial charge in [-0.05, 0) is 131 Å². The largest absolute Gasteiger partial charge is 0.472 e. The van der Waals surface area contributed by atoms with E-state index in [9.17, 15) is 5.11 Å². The minimum absolute atomic E-state index is 0.0221. The Hall–Kier alpha value is -0.490. The molecule has 4 fully saturated rings. The average Bonchev–Trinajstić information content (AvgIpc) is 3.44. The van der Waals surface area contributed by atoms with Gasteiger partial charge in [-0.25, -0.2) is 0 Å². The van der Waals surface area contributed by atoms with E-state index in [1.165, 1.54) is 62.8 Å². The van der Waals surface area contributed by atoms with Crippen LogP contribution in [0.25, 0.3) is 0 Å². The normalized spacial score (nSPS) is 43.1. The summed E-state index contributed by atoms with van der Waals surface area (Å²) in [5.74, 6) is 4.67. The standard InChI is InChI=1S/C30H49NO3S/c1-28-12-8-24(34-17-19-35-18-5-15-31(3)4)20-23(28)6-7-27-26(28)9-13-29(2)25(10-14-30(27,29)32)22-11-16-33-21-22/h11,16,21,23-27,32H,5-10,12-15,17-20H2,1-4H3/t23-,24+,25+,26+,27-,28+,29-,30+/m1/s1. The van der Waals surface area contributed by atoms with Crippen LogP contribution >= 0.6 is 11.8 Å². The Kier molecular flexibility index (Phi) is 7.72. The monoisotopic (exact) mass is 503 g/mol. The van der Waals surface area contributed by atoms with E-state index in [-0.39, 0.29) is 5.41 Å². The van der Waals surface area contributed by atoms with E-state index in [1.54, 1.807) is 6.26 Å². The molecule has 4 aliphatic carbocycles. The first-order valence-corrected chi connectivity index (χ1v) is 15.5. The van der Waals surface area contributed by atoms with Crippen molar-refractivity contribution in [1.29, 1.82) is 0 Å². The van der Waals surface area contributed by atoms with E-state index >= 15 is 0 Å². The lowest BCUT2D eigenvalue weighted by Crippen LogP contribution is -2.62. The molecule has 5 heteroatoms. The first kappa shape index (κ1) is 26.1. The molecular weight excluding hydrogens is 454 g/mol. The smallest absolute Gasteiger partial charge is 0.0937 e. The fourth-order valence-electron chi connectivity index (χ4n) is 9.20. The van der Waals surface area contributed by atoms with Gasteiger partial charge in [0.2, 0.25) is 0 Å². The lowest BCUT2D eigenvalue weighted by Gasteiger charge is -2.63. The molecule has 1 aromatic rings. The first-order valence-electron chi connectivity index (χ1n) is 14.4. The van der Waals surface area contributed by atoms with Gasteiger partial charge in [0.15, 0.2) is 0 Å². The number of rotatable bonds is 9. The number of nitrogens with zero attached hydrogens (tertiary/aromatic N) is 1. The van der Waals surface area contributed by atoms with Crippen LogP contribution in [0, 0.1) is 28.6 Å². The van der Waals surface area contributed by atoms with Gasteiger partial charge in [0.05, 0.1) is 30.8 Å². The zero-order chi connectivity index (χ0) is 24.7. The molecule has 4 nitrogen and oxygen atoms in total. The fraction of sp³-hybridized carbons (Fsp3) is 0.867. The molecule has 0 saturated heterocycles. The third-order valence-electron chi connectivity index (χ3n) is 11.2. The van der Waals surface area contributed by atoms with Crippen LogP contribution < -0.4 is 0 Å². The number of aliphatic hydroxyl groups is 1. The van der Waals surface area contributed by atoms with E-state index in [2.05, 4.69) is 38.9 Å². The quantitative estimate of drug-likeness (QED) is 0.385. The summed E-state index contributed by atoms with van der Waals surface area (Å²) >= 11 is 2.04. The third kappa shape index (κ3) is 4.66. The van der Waals surface area contributed by atoms with Gasteiger partial charge < -0.3 is 19.2 Å². The van der Waals surface area contributed by atoms with Crippen LogP contribution in [0.2, 0.25) is 0 Å². The number of thioether (sulfide) groups is 1. The molecule has 4 aliphatic rings. The maximum atomic E-state index is 12.4. The van der Waals surface area contributed by atoms with Crippen molar-refractivity contribution >= 4 is 11.8 Å². The molecule has 1 aromatic heterocycles. The Morgan fingerprint density at radius 1 is 1.06 bits per heavy atom. The van der Waals surface area contributed by atoms with E-state index < -0.39 is 5.60 Å². The zero-order valence-corrected chi connectivity index (χ0v) is 23.5. The number of furan rings is 1. The Balaban J connectivity index is 1.17. The van der Waals surface area contributed by atoms with E-state index in [0.29, 0.717) is 29.3 Å². The molecule has 1 N–H and O–H groups in total. The van der Waals surface area contributed by atoms with Crippen molar-refractivity contribution in [2.24, 2.45) is 28.6 Å². The van der Waals surface area contributed by atoms with Gasteiger partial charge in [0, 0.05) is 11.2 Å². The van der Waals surface area contributed by atoms with Gasteiger partial charge in [-0.15, -0.1) is 0 Å². The molecular formula is C30H49NO3S. The molecule has 5 rings (SSSR count). The van der Waals surface area contributed by atoms with Crippen LogP contribution in [0.3, 0.4) is 0 Å². The summed E-state index contributed by atoms with van der Waals surface area (Å²) in [6.45, 7) is 7.06. The van der Waals surface area contributed by atoms with Crippen molar-refractivity contribution in [2.75, 3.05) is 38.8 Å². The van der Waals surface area contributed by atoms with Crippen LogP contribution in [-0.4, -0.2) is 60.5 Å².